The van der Waals surface area contributed by atoms with Crippen molar-refractivity contribution in [3.8, 4) is 5.75 Å². The Kier molecular flexibility index (Phi) is 17.5. The SMILES string of the molecule is CC.CCCCCCCCOc1ccc(CCC2(NC)COC(C)(C)OC2)cc1CF.CO. The van der Waals surface area contributed by atoms with E-state index in [1.54, 1.807) is 0 Å². The van der Waals surface area contributed by atoms with E-state index in [9.17, 15) is 4.39 Å². The lowest BCUT2D eigenvalue weighted by molar-refractivity contribution is -0.271. The molecule has 1 aliphatic heterocycles. The lowest BCUT2D eigenvalue weighted by atomic mass is 9.91. The number of halogens is 1. The fourth-order valence-electron chi connectivity index (χ4n) is 3.60. The molecule has 1 aliphatic rings. The summed E-state index contributed by atoms with van der Waals surface area (Å²) in [6.07, 6.45) is 9.01. The zero-order valence-electron chi connectivity index (χ0n) is 22.3. The van der Waals surface area contributed by atoms with E-state index in [2.05, 4.69) is 12.2 Å². The van der Waals surface area contributed by atoms with Crippen LogP contribution < -0.4 is 10.1 Å². The first-order chi connectivity index (χ1) is 15.9. The van der Waals surface area contributed by atoms with Gasteiger partial charge >= 0.3 is 0 Å². The molecule has 33 heavy (non-hydrogen) atoms. The minimum Gasteiger partial charge on any atom is -0.493 e. The molecule has 1 saturated heterocycles. The topological polar surface area (TPSA) is 60.0 Å². The van der Waals surface area contributed by atoms with Crippen molar-refractivity contribution in [2.45, 2.75) is 104 Å². The molecule has 1 aromatic rings. The minimum atomic E-state index is -0.531. The number of unbranched alkanes of at least 4 members (excludes halogenated alkanes) is 5. The van der Waals surface area contributed by atoms with Crippen LogP contribution in [0.25, 0.3) is 0 Å². The molecule has 0 saturated carbocycles. The molecule has 0 radical (unpaired) electrons. The predicted octanol–water partition coefficient (Wildman–Crippen LogP) is 6.20. The van der Waals surface area contributed by atoms with Crippen molar-refractivity contribution in [2.75, 3.05) is 34.0 Å². The summed E-state index contributed by atoms with van der Waals surface area (Å²) in [7, 11) is 2.94. The maximum absolute atomic E-state index is 13.6. The van der Waals surface area contributed by atoms with Crippen molar-refractivity contribution in [1.29, 1.82) is 0 Å². The third kappa shape index (κ3) is 12.2. The molecule has 0 amide bonds. The van der Waals surface area contributed by atoms with Gasteiger partial charge in [-0.3, -0.25) is 0 Å². The molecule has 5 nitrogen and oxygen atoms in total. The molecule has 0 bridgehead atoms. The normalized spacial score (nSPS) is 16.2. The Morgan fingerprint density at radius 2 is 1.64 bits per heavy atom. The first-order valence-electron chi connectivity index (χ1n) is 12.7. The first kappa shape index (κ1) is 31.8. The van der Waals surface area contributed by atoms with Crippen LogP contribution in [0, 0.1) is 0 Å². The third-order valence-corrected chi connectivity index (χ3v) is 5.84. The molecule has 0 aromatic heterocycles. The van der Waals surface area contributed by atoms with E-state index in [4.69, 9.17) is 19.3 Å². The van der Waals surface area contributed by atoms with Crippen LogP contribution in [0.3, 0.4) is 0 Å². The van der Waals surface area contributed by atoms with Crippen molar-refractivity contribution in [2.24, 2.45) is 0 Å². The van der Waals surface area contributed by atoms with Gasteiger partial charge in [-0.05, 0) is 57.9 Å². The van der Waals surface area contributed by atoms with Gasteiger partial charge in [-0.15, -0.1) is 0 Å². The molecule has 2 N–H and O–H groups in total. The van der Waals surface area contributed by atoms with E-state index in [1.165, 1.54) is 32.1 Å². The minimum absolute atomic E-state index is 0.210. The number of alkyl halides is 1. The molecule has 2 rings (SSSR count). The van der Waals surface area contributed by atoms with Crippen LogP contribution in [0.2, 0.25) is 0 Å². The number of nitrogens with one attached hydrogen (secondary N) is 1. The Balaban J connectivity index is 0.00000242. The van der Waals surface area contributed by atoms with Gasteiger partial charge in [0.05, 0.1) is 25.4 Å². The number of benzene rings is 1. The molecule has 6 heteroatoms. The average molecular weight is 472 g/mol. The Hall–Kier alpha value is -1.21. The molecule has 0 unspecified atom stereocenters. The molecule has 0 spiro atoms. The second kappa shape index (κ2) is 18.2. The number of aliphatic hydroxyl groups excluding tert-OH is 1. The van der Waals surface area contributed by atoms with E-state index in [0.717, 1.165) is 31.9 Å². The van der Waals surface area contributed by atoms with Gasteiger partial charge in [0.1, 0.15) is 12.4 Å². The summed E-state index contributed by atoms with van der Waals surface area (Å²) in [5.74, 6) is 0.149. The van der Waals surface area contributed by atoms with E-state index >= 15 is 0 Å². The lowest BCUT2D eigenvalue weighted by Crippen LogP contribution is -2.58. The number of likely N-dealkylation sites (N-methyl/N-ethyl adjacent to an activating group) is 1. The fraction of sp³-hybridized carbons (Fsp3) is 0.778. The van der Waals surface area contributed by atoms with Crippen molar-refractivity contribution < 1.29 is 23.7 Å². The number of hydrogen-bond donors (Lipinski definition) is 2. The van der Waals surface area contributed by atoms with Crippen molar-refractivity contribution >= 4 is 0 Å². The summed E-state index contributed by atoms with van der Waals surface area (Å²) in [5, 5.41) is 10.4. The maximum Gasteiger partial charge on any atom is 0.162 e. The smallest absolute Gasteiger partial charge is 0.162 e. The van der Waals surface area contributed by atoms with E-state index in [1.807, 2.05) is 52.9 Å². The zero-order valence-corrected chi connectivity index (χ0v) is 22.3. The molecule has 194 valence electrons. The number of ether oxygens (including phenoxy) is 3. The number of rotatable bonds is 13. The first-order valence-corrected chi connectivity index (χ1v) is 12.7. The molecular formula is C27H50FNO4. The number of aliphatic hydroxyl groups is 1. The third-order valence-electron chi connectivity index (χ3n) is 5.84. The maximum atomic E-state index is 13.6. The Labute approximate surface area is 202 Å². The van der Waals surface area contributed by atoms with Gasteiger partial charge in [-0.25, -0.2) is 4.39 Å². The molecule has 1 aromatic carbocycles. The summed E-state index contributed by atoms with van der Waals surface area (Å²) < 4.78 is 31.1. The molecule has 1 fully saturated rings. The lowest BCUT2D eigenvalue weighted by Gasteiger charge is -2.43. The van der Waals surface area contributed by atoms with Crippen LogP contribution in [0.15, 0.2) is 18.2 Å². The summed E-state index contributed by atoms with van der Waals surface area (Å²) >= 11 is 0. The largest absolute Gasteiger partial charge is 0.493 e. The summed E-state index contributed by atoms with van der Waals surface area (Å²) in [6.45, 7) is 11.5. The summed E-state index contributed by atoms with van der Waals surface area (Å²) in [5.41, 5.74) is 1.55. The van der Waals surface area contributed by atoms with Crippen LogP contribution in [0.4, 0.5) is 4.39 Å². The van der Waals surface area contributed by atoms with Gasteiger partial charge in [0.15, 0.2) is 5.79 Å². The Morgan fingerprint density at radius 3 is 2.21 bits per heavy atom. The number of aryl methyl sites for hydroxylation is 1. The fourth-order valence-corrected chi connectivity index (χ4v) is 3.60. The van der Waals surface area contributed by atoms with Crippen LogP contribution >= 0.6 is 0 Å². The highest BCUT2D eigenvalue weighted by Gasteiger charge is 2.38. The van der Waals surface area contributed by atoms with Gasteiger partial charge in [-0.2, -0.15) is 0 Å². The predicted molar refractivity (Wildman–Crippen MR) is 136 cm³/mol. The molecule has 0 atom stereocenters. The second-order valence-corrected chi connectivity index (χ2v) is 8.70. The van der Waals surface area contributed by atoms with E-state index in [0.29, 0.717) is 31.1 Å². The summed E-state index contributed by atoms with van der Waals surface area (Å²) in [6, 6.07) is 5.91. The van der Waals surface area contributed by atoms with Crippen molar-refractivity contribution in [1.82, 2.24) is 5.32 Å². The zero-order chi connectivity index (χ0) is 25.2. The number of hydrogen-bond acceptors (Lipinski definition) is 5. The van der Waals surface area contributed by atoms with Gasteiger partial charge in [-0.1, -0.05) is 58.9 Å². The van der Waals surface area contributed by atoms with Gasteiger partial charge in [0.25, 0.3) is 0 Å². The highest BCUT2D eigenvalue weighted by atomic mass is 19.1. The second-order valence-electron chi connectivity index (χ2n) is 8.70. The van der Waals surface area contributed by atoms with Crippen LogP contribution in [-0.2, 0) is 22.6 Å². The van der Waals surface area contributed by atoms with E-state index in [-0.39, 0.29) is 5.54 Å². The van der Waals surface area contributed by atoms with Crippen LogP contribution in [0.5, 0.6) is 5.75 Å². The monoisotopic (exact) mass is 471 g/mol. The standard InChI is InChI=1S/C24H40FNO3.C2H6.CH4O/c1-5-6-7-8-9-10-15-27-22-12-11-20(16-21(22)17-25)13-14-24(26-4)18-28-23(2,3)29-19-24;2*1-2/h11-12,16,26H,5-10,13-15,17-19H2,1-4H3;1-2H3;2H,1H3. The average Bonchev–Trinajstić information content (AvgIpc) is 2.86. The molecule has 1 heterocycles. The van der Waals surface area contributed by atoms with Gasteiger partial charge in [0, 0.05) is 12.7 Å². The Morgan fingerprint density at radius 1 is 1.03 bits per heavy atom. The Bertz CT molecular complexity index is 600. The van der Waals surface area contributed by atoms with Gasteiger partial charge in [0.2, 0.25) is 0 Å². The molecular weight excluding hydrogens is 421 g/mol. The van der Waals surface area contributed by atoms with Crippen LogP contribution in [-0.4, -0.2) is 50.4 Å². The highest BCUT2D eigenvalue weighted by Crippen LogP contribution is 2.28. The molecule has 0 aliphatic carbocycles. The van der Waals surface area contributed by atoms with Gasteiger partial charge < -0.3 is 24.6 Å². The van der Waals surface area contributed by atoms with Crippen molar-refractivity contribution in [3.05, 3.63) is 29.3 Å². The quantitative estimate of drug-likeness (QED) is 0.335. The van der Waals surface area contributed by atoms with Crippen molar-refractivity contribution in [3.63, 3.8) is 0 Å². The summed E-state index contributed by atoms with van der Waals surface area (Å²) in [4.78, 5) is 0. The van der Waals surface area contributed by atoms with E-state index < -0.39 is 12.5 Å². The highest BCUT2D eigenvalue weighted by molar-refractivity contribution is 5.37. The van der Waals surface area contributed by atoms with Crippen LogP contribution in [0.1, 0.15) is 90.7 Å².